The van der Waals surface area contributed by atoms with Crippen molar-refractivity contribution in [3.8, 4) is 0 Å². The van der Waals surface area contributed by atoms with Gasteiger partial charge in [0.25, 0.3) is 0 Å². The standard InChI is InChI=1S/C11H21NO3/c1-3-4-5-6-12-8-11(2,9-12)15-7-10(13)14/h3-9H2,1-2H3,(H,13,14). The molecule has 1 fully saturated rings. The Labute approximate surface area is 91.2 Å². The molecule has 0 aliphatic carbocycles. The second-order valence-electron chi connectivity index (χ2n) is 4.55. The summed E-state index contributed by atoms with van der Waals surface area (Å²) in [5.41, 5.74) is -0.232. The molecule has 4 heteroatoms. The van der Waals surface area contributed by atoms with Crippen LogP contribution in [0.1, 0.15) is 33.1 Å². The van der Waals surface area contributed by atoms with E-state index in [4.69, 9.17) is 9.84 Å². The van der Waals surface area contributed by atoms with Crippen LogP contribution in [0.5, 0.6) is 0 Å². The third-order valence-electron chi connectivity index (χ3n) is 2.74. The van der Waals surface area contributed by atoms with Gasteiger partial charge in [-0.15, -0.1) is 0 Å². The van der Waals surface area contributed by atoms with E-state index in [2.05, 4.69) is 11.8 Å². The lowest BCUT2D eigenvalue weighted by atomic mass is 9.96. The number of hydrogen-bond donors (Lipinski definition) is 1. The topological polar surface area (TPSA) is 49.8 Å². The highest BCUT2D eigenvalue weighted by molar-refractivity contribution is 5.68. The molecule has 0 bridgehead atoms. The van der Waals surface area contributed by atoms with Crippen molar-refractivity contribution in [1.29, 1.82) is 0 Å². The fraction of sp³-hybridized carbons (Fsp3) is 0.909. The second-order valence-corrected chi connectivity index (χ2v) is 4.55. The minimum Gasteiger partial charge on any atom is -0.480 e. The van der Waals surface area contributed by atoms with Crippen molar-refractivity contribution in [2.24, 2.45) is 0 Å². The van der Waals surface area contributed by atoms with Crippen molar-refractivity contribution < 1.29 is 14.6 Å². The minimum atomic E-state index is -0.888. The highest BCUT2D eigenvalue weighted by atomic mass is 16.5. The molecule has 0 aromatic carbocycles. The van der Waals surface area contributed by atoms with E-state index in [0.29, 0.717) is 0 Å². The van der Waals surface area contributed by atoms with Gasteiger partial charge < -0.3 is 9.84 Å². The average molecular weight is 215 g/mol. The van der Waals surface area contributed by atoms with Crippen LogP contribution >= 0.6 is 0 Å². The molecule has 1 aliphatic heterocycles. The van der Waals surface area contributed by atoms with Gasteiger partial charge in [-0.25, -0.2) is 4.79 Å². The number of carboxylic acid groups (broad SMARTS) is 1. The Bertz CT molecular complexity index is 212. The summed E-state index contributed by atoms with van der Waals surface area (Å²) in [6.07, 6.45) is 3.73. The molecule has 0 unspecified atom stereocenters. The zero-order valence-corrected chi connectivity index (χ0v) is 9.66. The van der Waals surface area contributed by atoms with E-state index in [-0.39, 0.29) is 12.2 Å². The monoisotopic (exact) mass is 215 g/mol. The Morgan fingerprint density at radius 2 is 2.13 bits per heavy atom. The van der Waals surface area contributed by atoms with Crippen molar-refractivity contribution >= 4 is 5.97 Å². The Morgan fingerprint density at radius 3 is 2.67 bits per heavy atom. The molecular formula is C11H21NO3. The van der Waals surface area contributed by atoms with Crippen molar-refractivity contribution in [1.82, 2.24) is 4.90 Å². The van der Waals surface area contributed by atoms with Gasteiger partial charge in [0.1, 0.15) is 6.61 Å². The normalized spacial score (nSPS) is 19.9. The summed E-state index contributed by atoms with van der Waals surface area (Å²) >= 11 is 0. The van der Waals surface area contributed by atoms with Gasteiger partial charge >= 0.3 is 5.97 Å². The summed E-state index contributed by atoms with van der Waals surface area (Å²) in [5.74, 6) is -0.888. The number of ether oxygens (including phenoxy) is 1. The van der Waals surface area contributed by atoms with Gasteiger partial charge in [-0.1, -0.05) is 19.8 Å². The van der Waals surface area contributed by atoms with Crippen LogP contribution in [-0.2, 0) is 9.53 Å². The van der Waals surface area contributed by atoms with Gasteiger partial charge in [-0.05, 0) is 19.9 Å². The zero-order valence-electron chi connectivity index (χ0n) is 9.66. The summed E-state index contributed by atoms with van der Waals surface area (Å²) in [4.78, 5) is 12.7. The Balaban J connectivity index is 2.09. The Kier molecular flexibility index (Phi) is 4.54. The van der Waals surface area contributed by atoms with Gasteiger partial charge in [0.05, 0.1) is 5.60 Å². The summed E-state index contributed by atoms with van der Waals surface area (Å²) in [6, 6.07) is 0. The van der Waals surface area contributed by atoms with E-state index >= 15 is 0 Å². The van der Waals surface area contributed by atoms with Crippen molar-refractivity contribution in [2.45, 2.75) is 38.7 Å². The van der Waals surface area contributed by atoms with Crippen LogP contribution in [-0.4, -0.2) is 47.8 Å². The number of carbonyl (C=O) groups is 1. The Hall–Kier alpha value is -0.610. The minimum absolute atomic E-state index is 0.181. The van der Waals surface area contributed by atoms with Crippen molar-refractivity contribution in [3.05, 3.63) is 0 Å². The smallest absolute Gasteiger partial charge is 0.329 e. The van der Waals surface area contributed by atoms with Crippen LogP contribution in [0.4, 0.5) is 0 Å². The van der Waals surface area contributed by atoms with Gasteiger partial charge in [0.2, 0.25) is 0 Å². The van der Waals surface area contributed by atoms with E-state index in [1.54, 1.807) is 0 Å². The van der Waals surface area contributed by atoms with Crippen LogP contribution in [0.15, 0.2) is 0 Å². The molecule has 88 valence electrons. The van der Waals surface area contributed by atoms with Crippen molar-refractivity contribution in [3.63, 3.8) is 0 Å². The molecule has 1 rings (SSSR count). The number of likely N-dealkylation sites (tertiary alicyclic amines) is 1. The van der Waals surface area contributed by atoms with E-state index in [1.165, 1.54) is 19.3 Å². The number of unbranched alkanes of at least 4 members (excludes halogenated alkanes) is 2. The largest absolute Gasteiger partial charge is 0.480 e. The molecule has 0 aromatic heterocycles. The summed E-state index contributed by atoms with van der Waals surface area (Å²) in [7, 11) is 0. The first-order valence-corrected chi connectivity index (χ1v) is 5.64. The summed E-state index contributed by atoms with van der Waals surface area (Å²) in [5, 5.41) is 8.50. The van der Waals surface area contributed by atoms with E-state index in [0.717, 1.165) is 19.6 Å². The molecule has 0 aromatic rings. The molecule has 1 aliphatic rings. The quantitative estimate of drug-likeness (QED) is 0.651. The first-order chi connectivity index (χ1) is 7.06. The number of rotatable bonds is 7. The lowest BCUT2D eigenvalue weighted by molar-refractivity contribution is -0.164. The lowest BCUT2D eigenvalue weighted by Crippen LogP contribution is -2.61. The van der Waals surface area contributed by atoms with Crippen LogP contribution in [0.25, 0.3) is 0 Å². The molecule has 4 nitrogen and oxygen atoms in total. The molecule has 1 saturated heterocycles. The third kappa shape index (κ3) is 4.18. The number of carboxylic acids is 1. The fourth-order valence-electron chi connectivity index (χ4n) is 1.97. The van der Waals surface area contributed by atoms with Crippen LogP contribution in [0.2, 0.25) is 0 Å². The lowest BCUT2D eigenvalue weighted by Gasteiger charge is -2.47. The molecule has 1 N–H and O–H groups in total. The maximum Gasteiger partial charge on any atom is 0.329 e. The van der Waals surface area contributed by atoms with E-state index in [9.17, 15) is 4.79 Å². The third-order valence-corrected chi connectivity index (χ3v) is 2.74. The predicted octanol–water partition coefficient (Wildman–Crippen LogP) is 1.35. The molecule has 0 radical (unpaired) electrons. The summed E-state index contributed by atoms with van der Waals surface area (Å²) < 4.78 is 5.32. The summed E-state index contributed by atoms with van der Waals surface area (Å²) in [6.45, 7) is 6.83. The number of aliphatic carboxylic acids is 1. The molecule has 0 saturated carbocycles. The van der Waals surface area contributed by atoms with E-state index in [1.807, 2.05) is 6.92 Å². The molecule has 0 atom stereocenters. The number of nitrogens with zero attached hydrogens (tertiary/aromatic N) is 1. The van der Waals surface area contributed by atoms with Crippen LogP contribution in [0, 0.1) is 0 Å². The molecule has 1 heterocycles. The maximum absolute atomic E-state index is 10.3. The molecule has 0 spiro atoms. The van der Waals surface area contributed by atoms with Crippen LogP contribution in [0.3, 0.4) is 0 Å². The number of hydrogen-bond acceptors (Lipinski definition) is 3. The first kappa shape index (κ1) is 12.5. The highest BCUT2D eigenvalue weighted by Crippen LogP contribution is 2.24. The van der Waals surface area contributed by atoms with Gasteiger partial charge in [-0.2, -0.15) is 0 Å². The highest BCUT2D eigenvalue weighted by Gasteiger charge is 2.39. The zero-order chi connectivity index (χ0) is 11.3. The van der Waals surface area contributed by atoms with Gasteiger partial charge in [0, 0.05) is 13.1 Å². The molecular weight excluding hydrogens is 194 g/mol. The SMILES string of the molecule is CCCCCN1CC(C)(OCC(=O)O)C1. The molecule has 0 amide bonds. The first-order valence-electron chi connectivity index (χ1n) is 5.64. The second kappa shape index (κ2) is 5.47. The average Bonchev–Trinajstić information content (AvgIpc) is 2.12. The molecule has 15 heavy (non-hydrogen) atoms. The predicted molar refractivity (Wildman–Crippen MR) is 58.0 cm³/mol. The van der Waals surface area contributed by atoms with Crippen molar-refractivity contribution in [2.75, 3.05) is 26.2 Å². The van der Waals surface area contributed by atoms with E-state index < -0.39 is 5.97 Å². The Morgan fingerprint density at radius 1 is 1.47 bits per heavy atom. The van der Waals surface area contributed by atoms with Crippen LogP contribution < -0.4 is 0 Å². The maximum atomic E-state index is 10.3. The van der Waals surface area contributed by atoms with Gasteiger partial charge in [-0.3, -0.25) is 4.90 Å². The fourth-order valence-corrected chi connectivity index (χ4v) is 1.97. The van der Waals surface area contributed by atoms with Gasteiger partial charge in [0.15, 0.2) is 0 Å².